The molecule has 6 heteroatoms. The molecular weight excluding hydrogens is 553 g/mol. The molecule has 0 heterocycles. The molecule has 0 aliphatic heterocycles. The van der Waals surface area contributed by atoms with Crippen molar-refractivity contribution in [2.24, 2.45) is 23.2 Å². The van der Waals surface area contributed by atoms with Crippen molar-refractivity contribution >= 4 is 22.6 Å². The van der Waals surface area contributed by atoms with Gasteiger partial charge >= 0.3 is 5.97 Å². The fourth-order valence-electron chi connectivity index (χ4n) is 7.58. The second kappa shape index (κ2) is 12.8. The summed E-state index contributed by atoms with van der Waals surface area (Å²) < 4.78 is 14.1. The molecule has 0 bridgehead atoms. The molecule has 0 radical (unpaired) electrons. The maximum absolute atomic E-state index is 11.5. The Labute approximate surface area is 261 Å². The number of rotatable bonds is 8. The minimum absolute atomic E-state index is 0.187. The summed E-state index contributed by atoms with van der Waals surface area (Å²) in [5.41, 5.74) is 3.81. The molecule has 3 saturated carbocycles. The molecule has 0 aromatic rings. The van der Waals surface area contributed by atoms with Crippen LogP contribution < -0.4 is 0 Å². The van der Waals surface area contributed by atoms with Crippen molar-refractivity contribution in [3.63, 3.8) is 0 Å². The Balaban J connectivity index is 1.87. The zero-order valence-corrected chi connectivity index (χ0v) is 31.4. The van der Waals surface area contributed by atoms with Crippen molar-refractivity contribution < 1.29 is 18.8 Å². The number of fused-ring (bicyclic) bond motifs is 1. The van der Waals surface area contributed by atoms with Crippen LogP contribution in [0.4, 0.5) is 0 Å². The summed E-state index contributed by atoms with van der Waals surface area (Å²) in [4.78, 5) is 11.5. The van der Waals surface area contributed by atoms with E-state index in [2.05, 4.69) is 93.7 Å². The molecule has 0 aromatic carbocycles. The molecule has 0 saturated heterocycles. The molecule has 4 nitrogen and oxygen atoms in total. The van der Waals surface area contributed by atoms with Crippen LogP contribution in [0.25, 0.3) is 0 Å². The summed E-state index contributed by atoms with van der Waals surface area (Å²) in [7, 11) is -3.79. The normalized spacial score (nSPS) is 31.7. The molecule has 0 amide bonds. The molecule has 3 rings (SSSR count). The lowest BCUT2D eigenvalue weighted by Crippen LogP contribution is -2.48. The number of hydrogen-bond acceptors (Lipinski definition) is 3. The van der Waals surface area contributed by atoms with Crippen molar-refractivity contribution in [3.05, 3.63) is 34.9 Å². The smallest absolute Gasteiger partial charge is 0.330 e. The highest BCUT2D eigenvalue weighted by atomic mass is 28.4. The topological polar surface area (TPSA) is 55.8 Å². The molecule has 42 heavy (non-hydrogen) atoms. The number of allylic oxidation sites excluding steroid dienone is 4. The zero-order valence-electron chi connectivity index (χ0n) is 29.4. The van der Waals surface area contributed by atoms with Gasteiger partial charge in [-0.1, -0.05) is 84.8 Å². The quantitative estimate of drug-likeness (QED) is 0.218. The number of hydrogen-bond donors (Lipinski definition) is 1. The maximum Gasteiger partial charge on any atom is 0.330 e. The first-order valence-corrected chi connectivity index (χ1v) is 22.5. The van der Waals surface area contributed by atoms with E-state index in [0.717, 1.165) is 19.3 Å². The molecular formula is C36H64O4Si2. The highest BCUT2D eigenvalue weighted by Gasteiger charge is 2.50. The van der Waals surface area contributed by atoms with Gasteiger partial charge in [-0.2, -0.15) is 0 Å². The minimum Gasteiger partial charge on any atom is -0.478 e. The second-order valence-electron chi connectivity index (χ2n) is 17.3. The van der Waals surface area contributed by atoms with Gasteiger partial charge in [0, 0.05) is 5.57 Å². The SMILES string of the molecule is C/C(=C\[C@@H](C)[C@H]1CC[C@H]2/C(=C/C=C3C[C@@H](O[Si](C)(C)C(C)(C)C)C[C@H](O[Si](C)(C)C(C)(C)C)C3)CCC[C@]12C)C(=O)O. The first kappa shape index (κ1) is 35.5. The molecule has 1 N–H and O–H groups in total. The summed E-state index contributed by atoms with van der Waals surface area (Å²) in [6, 6.07) is 0. The van der Waals surface area contributed by atoms with Gasteiger partial charge in [-0.05, 0) is 118 Å². The number of aliphatic carboxylic acids is 1. The molecule has 3 aliphatic rings. The third-order valence-corrected chi connectivity index (χ3v) is 21.2. The van der Waals surface area contributed by atoms with Gasteiger partial charge in [0.25, 0.3) is 0 Å². The van der Waals surface area contributed by atoms with Crippen molar-refractivity contribution in [3.8, 4) is 0 Å². The Morgan fingerprint density at radius 1 is 0.952 bits per heavy atom. The number of carbonyl (C=O) groups is 1. The van der Waals surface area contributed by atoms with Crippen LogP contribution >= 0.6 is 0 Å². The van der Waals surface area contributed by atoms with E-state index in [-0.39, 0.29) is 33.6 Å². The number of carboxylic acid groups (broad SMARTS) is 1. The van der Waals surface area contributed by atoms with Crippen molar-refractivity contribution in [2.75, 3.05) is 0 Å². The van der Waals surface area contributed by atoms with E-state index in [1.807, 2.05) is 6.08 Å². The summed E-state index contributed by atoms with van der Waals surface area (Å²) in [6.45, 7) is 30.0. The van der Waals surface area contributed by atoms with Gasteiger partial charge in [0.2, 0.25) is 0 Å². The van der Waals surface area contributed by atoms with E-state index < -0.39 is 22.6 Å². The van der Waals surface area contributed by atoms with Gasteiger partial charge in [-0.25, -0.2) is 4.79 Å². The third-order valence-electron chi connectivity index (χ3n) is 12.1. The lowest BCUT2D eigenvalue weighted by Gasteiger charge is -2.45. The zero-order chi connectivity index (χ0) is 31.9. The van der Waals surface area contributed by atoms with Gasteiger partial charge in [0.1, 0.15) is 0 Å². The van der Waals surface area contributed by atoms with E-state index >= 15 is 0 Å². The maximum atomic E-state index is 11.5. The number of carboxylic acids is 1. The van der Waals surface area contributed by atoms with Crippen molar-refractivity contribution in [2.45, 2.75) is 162 Å². The summed E-state index contributed by atoms with van der Waals surface area (Å²) in [5.74, 6) is 0.619. The molecule has 0 unspecified atom stereocenters. The van der Waals surface area contributed by atoms with Crippen molar-refractivity contribution in [1.82, 2.24) is 0 Å². The van der Waals surface area contributed by atoms with Crippen LogP contribution in [0.2, 0.25) is 36.3 Å². The monoisotopic (exact) mass is 616 g/mol. The van der Waals surface area contributed by atoms with Crippen LogP contribution in [0.3, 0.4) is 0 Å². The average molecular weight is 617 g/mol. The molecule has 240 valence electrons. The van der Waals surface area contributed by atoms with Crippen LogP contribution in [0.5, 0.6) is 0 Å². The lowest BCUT2D eigenvalue weighted by atomic mass is 9.61. The van der Waals surface area contributed by atoms with E-state index in [1.54, 1.807) is 12.5 Å². The van der Waals surface area contributed by atoms with E-state index in [9.17, 15) is 9.90 Å². The second-order valence-corrected chi connectivity index (χ2v) is 26.8. The minimum atomic E-state index is -1.90. The van der Waals surface area contributed by atoms with E-state index in [1.165, 1.54) is 37.7 Å². The van der Waals surface area contributed by atoms with E-state index in [0.29, 0.717) is 17.4 Å². The first-order valence-electron chi connectivity index (χ1n) is 16.7. The predicted octanol–water partition coefficient (Wildman–Crippen LogP) is 10.7. The highest BCUT2D eigenvalue weighted by Crippen LogP contribution is 2.59. The van der Waals surface area contributed by atoms with Crippen LogP contribution in [-0.2, 0) is 13.6 Å². The van der Waals surface area contributed by atoms with Gasteiger partial charge in [-0.3, -0.25) is 0 Å². The third kappa shape index (κ3) is 8.00. The Bertz CT molecular complexity index is 1030. The van der Waals surface area contributed by atoms with Gasteiger partial charge in [0.15, 0.2) is 16.6 Å². The predicted molar refractivity (Wildman–Crippen MR) is 183 cm³/mol. The van der Waals surface area contributed by atoms with Crippen LogP contribution in [0.15, 0.2) is 34.9 Å². The van der Waals surface area contributed by atoms with Gasteiger partial charge < -0.3 is 14.0 Å². The molecule has 0 spiro atoms. The summed E-state index contributed by atoms with van der Waals surface area (Å²) >= 11 is 0. The highest BCUT2D eigenvalue weighted by molar-refractivity contribution is 6.74. The van der Waals surface area contributed by atoms with Gasteiger partial charge in [0.05, 0.1) is 12.2 Å². The molecule has 0 aromatic heterocycles. The first-order chi connectivity index (χ1) is 19.1. The Morgan fingerprint density at radius 2 is 1.48 bits per heavy atom. The van der Waals surface area contributed by atoms with Crippen LogP contribution in [0.1, 0.15) is 114 Å². The summed E-state index contributed by atoms with van der Waals surface area (Å²) in [6.07, 6.45) is 16.5. The largest absolute Gasteiger partial charge is 0.478 e. The van der Waals surface area contributed by atoms with Crippen LogP contribution in [0, 0.1) is 23.2 Å². The average Bonchev–Trinajstić information content (AvgIpc) is 3.18. The molecule has 3 aliphatic carbocycles. The van der Waals surface area contributed by atoms with Gasteiger partial charge in [-0.15, -0.1) is 0 Å². The molecule has 3 fully saturated rings. The van der Waals surface area contributed by atoms with Crippen molar-refractivity contribution in [1.29, 1.82) is 0 Å². The summed E-state index contributed by atoms with van der Waals surface area (Å²) in [5, 5.41) is 9.82. The lowest BCUT2D eigenvalue weighted by molar-refractivity contribution is -0.132. The standard InChI is InChI=1S/C36H64O4Si2/c1-25(21-26(2)33(37)38)31-18-19-32-28(15-14-20-36(31,32)9)17-16-27-22-29(39-41(10,11)34(3,4)5)24-30(23-27)40-42(12,13)35(6,7)8/h16-17,21,25,29-32H,14-15,18-20,22-24H2,1-13H3,(H,37,38)/b26-21+,28-17+/t25-,29-,30-,31-,32+,36-/m1/s1. The van der Waals surface area contributed by atoms with E-state index in [4.69, 9.17) is 8.85 Å². The fourth-order valence-corrected chi connectivity index (χ4v) is 10.3. The Kier molecular flexibility index (Phi) is 10.8. The van der Waals surface area contributed by atoms with Crippen LogP contribution in [-0.4, -0.2) is 39.9 Å². The fraction of sp³-hybridized carbons (Fsp3) is 0.806. The Hall–Kier alpha value is -0.956. The molecule has 6 atom stereocenters. The Morgan fingerprint density at radius 3 is 1.95 bits per heavy atom.